The number of nitrogens with two attached hydrogens (primary N) is 1. The van der Waals surface area contributed by atoms with Crippen LogP contribution in [0.3, 0.4) is 0 Å². The summed E-state index contributed by atoms with van der Waals surface area (Å²) in [4.78, 5) is 30.7. The molecular formula is C27H29F2N7O4. The van der Waals surface area contributed by atoms with Gasteiger partial charge in [-0.3, -0.25) is 9.59 Å². The highest BCUT2D eigenvalue weighted by molar-refractivity contribution is 6.00. The molecule has 40 heavy (non-hydrogen) atoms. The number of nitrogens with zero attached hydrogens (tertiary/aromatic N) is 5. The SMILES string of the molecule is C=CC(=O)N1CC(n2nc(C#Cc3c(F)cc4c(ncn4C4CC4)c3F)c(C(N)=O)c2NCCO)C[C@@H]1COC. The maximum absolute atomic E-state index is 15.3. The number of methoxy groups -OCH3 is 1. The van der Waals surface area contributed by atoms with E-state index in [0.29, 0.717) is 11.9 Å². The van der Waals surface area contributed by atoms with E-state index in [1.165, 1.54) is 30.3 Å². The van der Waals surface area contributed by atoms with Gasteiger partial charge in [-0.1, -0.05) is 12.5 Å². The molecule has 13 heteroatoms. The molecule has 2 aliphatic rings. The van der Waals surface area contributed by atoms with Gasteiger partial charge in [0.25, 0.3) is 5.91 Å². The first-order valence-electron chi connectivity index (χ1n) is 12.8. The molecule has 0 radical (unpaired) electrons. The summed E-state index contributed by atoms with van der Waals surface area (Å²) in [6.45, 7) is 3.85. The number of anilines is 1. The monoisotopic (exact) mass is 553 g/mol. The normalized spacial score (nSPS) is 18.6. The summed E-state index contributed by atoms with van der Waals surface area (Å²) in [5, 5.41) is 16.8. The van der Waals surface area contributed by atoms with E-state index in [4.69, 9.17) is 10.5 Å². The highest BCUT2D eigenvalue weighted by Crippen LogP contribution is 2.38. The topological polar surface area (TPSA) is 141 Å². The second kappa shape index (κ2) is 11.1. The molecule has 0 bridgehead atoms. The third kappa shape index (κ3) is 4.91. The Kier molecular flexibility index (Phi) is 7.55. The molecular weight excluding hydrogens is 524 g/mol. The number of hydrogen-bond donors (Lipinski definition) is 3. The molecule has 2 aromatic heterocycles. The third-order valence-corrected chi connectivity index (χ3v) is 7.12. The van der Waals surface area contributed by atoms with Crippen LogP contribution in [-0.2, 0) is 9.53 Å². The van der Waals surface area contributed by atoms with Crippen LogP contribution >= 0.6 is 0 Å². The number of fused-ring (bicyclic) bond motifs is 1. The number of hydrogen-bond acceptors (Lipinski definition) is 7. The van der Waals surface area contributed by atoms with Crippen molar-refractivity contribution in [2.75, 3.05) is 38.7 Å². The average molecular weight is 554 g/mol. The number of ether oxygens (including phenoxy) is 1. The summed E-state index contributed by atoms with van der Waals surface area (Å²) in [7, 11) is 1.52. The molecule has 1 saturated carbocycles. The van der Waals surface area contributed by atoms with Crippen LogP contribution in [0, 0.1) is 23.5 Å². The molecule has 1 aliphatic carbocycles. The van der Waals surface area contributed by atoms with E-state index in [9.17, 15) is 14.7 Å². The number of likely N-dealkylation sites (tertiary alicyclic amines) is 1. The molecule has 2 amide bonds. The number of aromatic nitrogens is 4. The molecule has 3 heterocycles. The van der Waals surface area contributed by atoms with E-state index >= 15 is 8.78 Å². The van der Waals surface area contributed by atoms with Crippen LogP contribution in [0.5, 0.6) is 0 Å². The molecule has 1 aromatic carbocycles. The summed E-state index contributed by atoms with van der Waals surface area (Å²) in [5.41, 5.74) is 5.34. The molecule has 1 aliphatic heterocycles. The quantitative estimate of drug-likeness (QED) is 0.271. The van der Waals surface area contributed by atoms with Crippen molar-refractivity contribution in [2.45, 2.75) is 37.4 Å². The van der Waals surface area contributed by atoms with Crippen molar-refractivity contribution in [3.63, 3.8) is 0 Å². The number of benzene rings is 1. The van der Waals surface area contributed by atoms with Crippen LogP contribution in [0.2, 0.25) is 0 Å². The number of nitrogens with one attached hydrogen (secondary N) is 1. The second-order valence-electron chi connectivity index (χ2n) is 9.77. The Labute approximate surface area is 228 Å². The first-order valence-corrected chi connectivity index (χ1v) is 12.8. The number of carbonyl (C=O) groups excluding carboxylic acids is 2. The molecule has 1 unspecified atom stereocenters. The zero-order valence-corrected chi connectivity index (χ0v) is 21.9. The molecule has 11 nitrogen and oxygen atoms in total. The zero-order valence-electron chi connectivity index (χ0n) is 21.9. The van der Waals surface area contributed by atoms with Gasteiger partial charge >= 0.3 is 0 Å². The van der Waals surface area contributed by atoms with Gasteiger partial charge in [-0.15, -0.1) is 0 Å². The number of aliphatic hydroxyl groups is 1. The number of carbonyl (C=O) groups is 2. The minimum atomic E-state index is -0.905. The van der Waals surface area contributed by atoms with Crippen molar-refractivity contribution in [2.24, 2.45) is 5.73 Å². The summed E-state index contributed by atoms with van der Waals surface area (Å²) in [5.74, 6) is 2.35. The van der Waals surface area contributed by atoms with Gasteiger partial charge in [0.15, 0.2) is 11.5 Å². The Morgan fingerprint density at radius 2 is 2.10 bits per heavy atom. The van der Waals surface area contributed by atoms with E-state index in [1.54, 1.807) is 9.47 Å². The number of amides is 2. The van der Waals surface area contributed by atoms with Gasteiger partial charge in [0.1, 0.15) is 22.7 Å². The molecule has 0 spiro atoms. The van der Waals surface area contributed by atoms with E-state index in [-0.39, 0.29) is 66.9 Å². The molecule has 210 valence electrons. The van der Waals surface area contributed by atoms with Crippen molar-refractivity contribution in [3.05, 3.63) is 53.5 Å². The molecule has 2 atom stereocenters. The van der Waals surface area contributed by atoms with Crippen molar-refractivity contribution < 1.29 is 28.2 Å². The largest absolute Gasteiger partial charge is 0.395 e. The number of aliphatic hydroxyl groups excluding tert-OH is 1. The van der Waals surface area contributed by atoms with Crippen molar-refractivity contribution in [1.82, 2.24) is 24.2 Å². The highest BCUT2D eigenvalue weighted by atomic mass is 19.1. The van der Waals surface area contributed by atoms with Gasteiger partial charge in [0.05, 0.1) is 42.7 Å². The molecule has 3 aromatic rings. The van der Waals surface area contributed by atoms with Crippen LogP contribution in [0.4, 0.5) is 14.6 Å². The van der Waals surface area contributed by atoms with Crippen molar-refractivity contribution in [3.8, 4) is 11.8 Å². The van der Waals surface area contributed by atoms with Crippen LogP contribution in [0.25, 0.3) is 11.0 Å². The third-order valence-electron chi connectivity index (χ3n) is 7.12. The smallest absolute Gasteiger partial charge is 0.255 e. The predicted octanol–water partition coefficient (Wildman–Crippen LogP) is 1.72. The van der Waals surface area contributed by atoms with E-state index in [2.05, 4.69) is 33.8 Å². The van der Waals surface area contributed by atoms with Crippen LogP contribution in [0.15, 0.2) is 25.0 Å². The summed E-state index contributed by atoms with van der Waals surface area (Å²) in [6.07, 6.45) is 4.98. The number of imidazole rings is 1. The molecule has 2 fully saturated rings. The standard InChI is InChI=1S/C27H29F2N7O4/c1-3-22(38)34-12-16(10-17(34)13-40-2)36-27(31-8-9-37)23(26(30)39)20(33-36)7-6-18-19(28)11-21-25(24(18)29)32-14-35(21)15-4-5-15/h3,11,14-17,31,37H,1,4-5,8-10,12-13H2,2H3,(H2,30,39)/t16?,17-/m1/s1. The Bertz CT molecular complexity index is 1550. The van der Waals surface area contributed by atoms with Gasteiger partial charge in [-0.2, -0.15) is 5.10 Å². The average Bonchev–Trinajstić information content (AvgIpc) is 3.37. The Balaban J connectivity index is 1.57. The van der Waals surface area contributed by atoms with Crippen LogP contribution in [0.1, 0.15) is 53.0 Å². The van der Waals surface area contributed by atoms with Gasteiger partial charge in [-0.05, 0) is 31.3 Å². The fourth-order valence-corrected chi connectivity index (χ4v) is 5.15. The first-order chi connectivity index (χ1) is 19.3. The molecule has 5 rings (SSSR count). The minimum Gasteiger partial charge on any atom is -0.395 e. The van der Waals surface area contributed by atoms with Gasteiger partial charge < -0.3 is 30.4 Å². The molecule has 1 saturated heterocycles. The number of halogens is 2. The fourth-order valence-electron chi connectivity index (χ4n) is 5.15. The van der Waals surface area contributed by atoms with E-state index < -0.39 is 29.1 Å². The Hall–Kier alpha value is -4.28. The highest BCUT2D eigenvalue weighted by Gasteiger charge is 2.38. The van der Waals surface area contributed by atoms with Gasteiger partial charge in [0.2, 0.25) is 5.91 Å². The van der Waals surface area contributed by atoms with Crippen LogP contribution in [-0.4, -0.2) is 80.6 Å². The number of rotatable bonds is 9. The maximum Gasteiger partial charge on any atom is 0.255 e. The van der Waals surface area contributed by atoms with E-state index in [1.807, 2.05) is 0 Å². The van der Waals surface area contributed by atoms with Crippen molar-refractivity contribution >= 4 is 28.7 Å². The lowest BCUT2D eigenvalue weighted by molar-refractivity contribution is -0.127. The summed E-state index contributed by atoms with van der Waals surface area (Å²) >= 11 is 0. The first kappa shape index (κ1) is 27.3. The van der Waals surface area contributed by atoms with Crippen molar-refractivity contribution in [1.29, 1.82) is 0 Å². The van der Waals surface area contributed by atoms with E-state index in [0.717, 1.165) is 12.8 Å². The molecule has 4 N–H and O–H groups in total. The lowest BCUT2D eigenvalue weighted by Gasteiger charge is -2.22. The zero-order chi connectivity index (χ0) is 28.6. The van der Waals surface area contributed by atoms with Gasteiger partial charge in [-0.25, -0.2) is 18.4 Å². The Morgan fingerprint density at radius 1 is 1.32 bits per heavy atom. The second-order valence-corrected chi connectivity index (χ2v) is 9.77. The summed E-state index contributed by atoms with van der Waals surface area (Å²) < 4.78 is 38.9. The predicted molar refractivity (Wildman–Crippen MR) is 141 cm³/mol. The number of primary amides is 1. The van der Waals surface area contributed by atoms with Gasteiger partial charge in [0, 0.05) is 32.3 Å². The Morgan fingerprint density at radius 3 is 2.75 bits per heavy atom. The van der Waals surface area contributed by atoms with Crippen LogP contribution < -0.4 is 11.1 Å². The minimum absolute atomic E-state index is 0.00525. The maximum atomic E-state index is 15.3. The fraction of sp³-hybridized carbons (Fsp3) is 0.407. The lowest BCUT2D eigenvalue weighted by Crippen LogP contribution is -2.37. The lowest BCUT2D eigenvalue weighted by atomic mass is 10.1. The summed E-state index contributed by atoms with van der Waals surface area (Å²) in [6, 6.07) is 0.682.